The number of carbonyl (C=O) groups is 2. The zero-order chi connectivity index (χ0) is 20.0. The predicted octanol–water partition coefficient (Wildman–Crippen LogP) is 3.47. The quantitative estimate of drug-likeness (QED) is 0.532. The Labute approximate surface area is 164 Å². The first-order valence-electron chi connectivity index (χ1n) is 8.05. The molecule has 0 saturated heterocycles. The normalized spacial score (nSPS) is 10.4. The molecule has 2 amide bonds. The summed E-state index contributed by atoms with van der Waals surface area (Å²) in [5.41, 5.74) is 4.90. The molecule has 0 unspecified atom stereocenters. The summed E-state index contributed by atoms with van der Waals surface area (Å²) in [6.07, 6.45) is 0. The molecule has 0 aliphatic carbocycles. The number of carbonyl (C=O) groups excluding carboxylic acids is 2. The number of nitro benzene ring substituents is 1. The van der Waals surface area contributed by atoms with Crippen LogP contribution in [-0.4, -0.2) is 23.3 Å². The lowest BCUT2D eigenvalue weighted by molar-refractivity contribution is -0.384. The van der Waals surface area contributed by atoms with E-state index in [1.807, 2.05) is 13.8 Å². The Hall–Kier alpha value is -2.94. The zero-order valence-corrected chi connectivity index (χ0v) is 16.3. The molecule has 9 heteroatoms. The monoisotopic (exact) mass is 435 g/mol. The number of nitrogens with zero attached hydrogens (tertiary/aromatic N) is 1. The maximum atomic E-state index is 12.4. The highest BCUT2D eigenvalue weighted by atomic mass is 79.9. The largest absolute Gasteiger partial charge is 0.492 e. The van der Waals surface area contributed by atoms with Gasteiger partial charge in [0, 0.05) is 22.2 Å². The number of rotatable bonds is 6. The van der Waals surface area contributed by atoms with Crippen LogP contribution in [0.1, 0.15) is 34.6 Å². The van der Waals surface area contributed by atoms with Crippen LogP contribution in [-0.2, 0) is 0 Å². The summed E-state index contributed by atoms with van der Waals surface area (Å²) < 4.78 is 6.33. The minimum absolute atomic E-state index is 0.128. The van der Waals surface area contributed by atoms with Gasteiger partial charge in [0.15, 0.2) is 0 Å². The van der Waals surface area contributed by atoms with Gasteiger partial charge in [-0.1, -0.05) is 29.8 Å². The smallest absolute Gasteiger partial charge is 0.273 e. The van der Waals surface area contributed by atoms with E-state index >= 15 is 0 Å². The summed E-state index contributed by atoms with van der Waals surface area (Å²) in [5, 5.41) is 10.6. The number of amides is 2. The van der Waals surface area contributed by atoms with Crippen LogP contribution in [0, 0.1) is 16.0 Å². The molecule has 0 aliphatic heterocycles. The van der Waals surface area contributed by atoms with Gasteiger partial charge in [-0.25, -0.2) is 0 Å². The van der Waals surface area contributed by atoms with Gasteiger partial charge in [0.25, 0.3) is 17.5 Å². The maximum absolute atomic E-state index is 12.4. The number of hydrogen-bond donors (Lipinski definition) is 2. The number of benzene rings is 2. The molecule has 0 saturated carbocycles. The third-order valence-electron chi connectivity index (χ3n) is 3.39. The van der Waals surface area contributed by atoms with Crippen LogP contribution in [0.4, 0.5) is 5.69 Å². The van der Waals surface area contributed by atoms with Crippen LogP contribution in [0.2, 0.25) is 0 Å². The van der Waals surface area contributed by atoms with Crippen LogP contribution in [0.25, 0.3) is 0 Å². The number of halogens is 1. The average molecular weight is 436 g/mol. The lowest BCUT2D eigenvalue weighted by atomic mass is 10.2. The zero-order valence-electron chi connectivity index (χ0n) is 14.7. The Morgan fingerprint density at radius 1 is 1.11 bits per heavy atom. The molecule has 0 radical (unpaired) electrons. The lowest BCUT2D eigenvalue weighted by Gasteiger charge is -2.14. The summed E-state index contributed by atoms with van der Waals surface area (Å²) in [7, 11) is 0. The van der Waals surface area contributed by atoms with Crippen molar-refractivity contribution in [3.63, 3.8) is 0 Å². The Kier molecular flexibility index (Phi) is 6.89. The van der Waals surface area contributed by atoms with Gasteiger partial charge in [-0.15, -0.1) is 0 Å². The highest BCUT2D eigenvalue weighted by molar-refractivity contribution is 9.10. The Morgan fingerprint density at radius 3 is 2.33 bits per heavy atom. The molecule has 0 bridgehead atoms. The maximum Gasteiger partial charge on any atom is 0.273 e. The van der Waals surface area contributed by atoms with Gasteiger partial charge in [0.1, 0.15) is 5.75 Å². The summed E-state index contributed by atoms with van der Waals surface area (Å²) in [6, 6.07) is 10.0. The van der Waals surface area contributed by atoms with Gasteiger partial charge in [-0.2, -0.15) is 0 Å². The number of hydrazine groups is 1. The van der Waals surface area contributed by atoms with Gasteiger partial charge in [0.05, 0.1) is 17.1 Å². The molecular formula is C18H18BrN3O5. The summed E-state index contributed by atoms with van der Waals surface area (Å²) in [5.74, 6) is -0.469. The van der Waals surface area contributed by atoms with Gasteiger partial charge >= 0.3 is 0 Å². The second kappa shape index (κ2) is 9.13. The Balaban J connectivity index is 2.05. The van der Waals surface area contributed by atoms with Gasteiger partial charge in [-0.3, -0.25) is 30.6 Å². The summed E-state index contributed by atoms with van der Waals surface area (Å²) in [6.45, 7) is 4.42. The Bertz CT molecular complexity index is 853. The topological polar surface area (TPSA) is 111 Å². The van der Waals surface area contributed by atoms with Crippen molar-refractivity contribution in [2.45, 2.75) is 13.8 Å². The number of hydrogen-bond acceptors (Lipinski definition) is 5. The summed E-state index contributed by atoms with van der Waals surface area (Å²) >= 11 is 3.30. The van der Waals surface area contributed by atoms with Crippen LogP contribution < -0.4 is 15.6 Å². The van der Waals surface area contributed by atoms with E-state index in [4.69, 9.17) is 4.74 Å². The van der Waals surface area contributed by atoms with Crippen molar-refractivity contribution in [2.24, 2.45) is 5.92 Å². The highest BCUT2D eigenvalue weighted by Crippen LogP contribution is 2.23. The first-order valence-corrected chi connectivity index (χ1v) is 8.84. The molecule has 2 aromatic rings. The summed E-state index contributed by atoms with van der Waals surface area (Å²) in [4.78, 5) is 34.6. The molecule has 0 aromatic heterocycles. The minimum Gasteiger partial charge on any atom is -0.492 e. The SMILES string of the molecule is CC(C)COc1ccc(Br)cc1C(=O)NNC(=O)c1ccc([N+](=O)[O-])cc1. The molecule has 142 valence electrons. The van der Waals surface area contributed by atoms with Crippen molar-refractivity contribution in [1.29, 1.82) is 0 Å². The molecule has 0 spiro atoms. The van der Waals surface area contributed by atoms with E-state index in [1.165, 1.54) is 24.3 Å². The third-order valence-corrected chi connectivity index (χ3v) is 3.88. The average Bonchev–Trinajstić information content (AvgIpc) is 2.64. The fourth-order valence-corrected chi connectivity index (χ4v) is 2.41. The van der Waals surface area contributed by atoms with E-state index < -0.39 is 16.7 Å². The van der Waals surface area contributed by atoms with E-state index in [2.05, 4.69) is 26.8 Å². The standard InChI is InChI=1S/C18H18BrN3O5/c1-11(2)10-27-16-8-5-13(19)9-15(16)18(24)21-20-17(23)12-3-6-14(7-4-12)22(25)26/h3-9,11H,10H2,1-2H3,(H,20,23)(H,21,24). The number of nitrogens with one attached hydrogen (secondary N) is 2. The van der Waals surface area contributed by atoms with Crippen LogP contribution >= 0.6 is 15.9 Å². The van der Waals surface area contributed by atoms with Crippen molar-refractivity contribution in [3.05, 3.63) is 68.2 Å². The molecule has 0 atom stereocenters. The molecule has 2 aromatic carbocycles. The first-order chi connectivity index (χ1) is 12.8. The fraction of sp³-hybridized carbons (Fsp3) is 0.222. The van der Waals surface area contributed by atoms with Crippen molar-refractivity contribution in [3.8, 4) is 5.75 Å². The molecule has 27 heavy (non-hydrogen) atoms. The van der Waals surface area contributed by atoms with E-state index in [1.54, 1.807) is 18.2 Å². The van der Waals surface area contributed by atoms with Gasteiger partial charge in [-0.05, 0) is 36.2 Å². The molecule has 0 aliphatic rings. The first kappa shape index (κ1) is 20.4. The van der Waals surface area contributed by atoms with Crippen molar-refractivity contribution >= 4 is 33.4 Å². The van der Waals surface area contributed by atoms with Crippen molar-refractivity contribution in [1.82, 2.24) is 10.9 Å². The highest BCUT2D eigenvalue weighted by Gasteiger charge is 2.16. The van der Waals surface area contributed by atoms with E-state index in [9.17, 15) is 19.7 Å². The van der Waals surface area contributed by atoms with Crippen LogP contribution in [0.5, 0.6) is 5.75 Å². The Morgan fingerprint density at radius 2 is 1.74 bits per heavy atom. The fourth-order valence-electron chi connectivity index (χ4n) is 2.05. The molecule has 2 rings (SSSR count). The lowest BCUT2D eigenvalue weighted by Crippen LogP contribution is -2.41. The number of ether oxygens (including phenoxy) is 1. The van der Waals surface area contributed by atoms with Crippen LogP contribution in [0.3, 0.4) is 0 Å². The molecule has 8 nitrogen and oxygen atoms in total. The third kappa shape index (κ3) is 5.78. The van der Waals surface area contributed by atoms with E-state index in [-0.39, 0.29) is 22.7 Å². The number of nitro groups is 1. The second-order valence-electron chi connectivity index (χ2n) is 6.06. The minimum atomic E-state index is -0.599. The predicted molar refractivity (Wildman–Crippen MR) is 103 cm³/mol. The molecule has 0 heterocycles. The van der Waals surface area contributed by atoms with Gasteiger partial charge in [0.2, 0.25) is 0 Å². The molecule has 2 N–H and O–H groups in total. The molecular weight excluding hydrogens is 418 g/mol. The van der Waals surface area contributed by atoms with E-state index in [0.29, 0.717) is 16.8 Å². The van der Waals surface area contributed by atoms with Gasteiger partial charge < -0.3 is 4.74 Å². The molecule has 0 fully saturated rings. The van der Waals surface area contributed by atoms with Crippen LogP contribution in [0.15, 0.2) is 46.9 Å². The van der Waals surface area contributed by atoms with Crippen molar-refractivity contribution < 1.29 is 19.2 Å². The van der Waals surface area contributed by atoms with E-state index in [0.717, 1.165) is 0 Å². The number of non-ortho nitro benzene ring substituents is 1. The second-order valence-corrected chi connectivity index (χ2v) is 6.97. The van der Waals surface area contributed by atoms with Crippen molar-refractivity contribution in [2.75, 3.05) is 6.61 Å².